The summed E-state index contributed by atoms with van der Waals surface area (Å²) in [4.78, 5) is 41.2. The molecule has 2 atom stereocenters. The summed E-state index contributed by atoms with van der Waals surface area (Å²) >= 11 is 0. The molecule has 2 aromatic carbocycles. The van der Waals surface area contributed by atoms with Gasteiger partial charge in [0.05, 0.1) is 6.61 Å². The molecule has 0 saturated carbocycles. The highest BCUT2D eigenvalue weighted by molar-refractivity contribution is 5.91. The molecule has 2 fully saturated rings. The second-order valence-corrected chi connectivity index (χ2v) is 9.42. The molecule has 2 amide bonds. The molecule has 2 saturated heterocycles. The van der Waals surface area contributed by atoms with E-state index < -0.39 is 23.6 Å². The van der Waals surface area contributed by atoms with E-state index >= 15 is 0 Å². The summed E-state index contributed by atoms with van der Waals surface area (Å²) in [6.07, 6.45) is -0.380. The van der Waals surface area contributed by atoms with Crippen LogP contribution in [0.5, 0.6) is 0 Å². The molecule has 1 aliphatic carbocycles. The van der Waals surface area contributed by atoms with E-state index in [9.17, 15) is 19.5 Å². The van der Waals surface area contributed by atoms with E-state index in [1.807, 2.05) is 36.4 Å². The number of hydrogen-bond donors (Lipinski definition) is 2. The summed E-state index contributed by atoms with van der Waals surface area (Å²) in [5, 5.41) is 12.3. The molecule has 2 unspecified atom stereocenters. The zero-order chi connectivity index (χ0) is 24.6. The average Bonchev–Trinajstić information content (AvgIpc) is 3.46. The molecular weight excluding hydrogens is 450 g/mol. The van der Waals surface area contributed by atoms with Crippen LogP contribution >= 0.6 is 0 Å². The summed E-state index contributed by atoms with van der Waals surface area (Å²) in [7, 11) is 1.73. The van der Waals surface area contributed by atoms with E-state index in [0.717, 1.165) is 22.3 Å². The Hall–Kier alpha value is -3.43. The van der Waals surface area contributed by atoms with Gasteiger partial charge in [-0.1, -0.05) is 48.5 Å². The fourth-order valence-corrected chi connectivity index (χ4v) is 5.34. The van der Waals surface area contributed by atoms with Crippen molar-refractivity contribution in [2.24, 2.45) is 0 Å². The van der Waals surface area contributed by atoms with E-state index in [1.54, 1.807) is 11.9 Å². The number of alkyl carbamates (subject to hydrolysis) is 1. The minimum atomic E-state index is -1.26. The maximum atomic E-state index is 13.5. The SMILES string of the molecule is CN1CCN(C(=O)C2(NC(=O)OCC3c4ccccc4-c4ccccc43)CCOC2)CC1C(=O)O. The molecule has 35 heavy (non-hydrogen) atoms. The van der Waals surface area contributed by atoms with Gasteiger partial charge in [-0.3, -0.25) is 14.5 Å². The Kier molecular flexibility index (Phi) is 6.21. The van der Waals surface area contributed by atoms with Crippen molar-refractivity contribution in [1.29, 1.82) is 0 Å². The van der Waals surface area contributed by atoms with E-state index in [2.05, 4.69) is 17.4 Å². The van der Waals surface area contributed by atoms with E-state index in [1.165, 1.54) is 4.90 Å². The maximum Gasteiger partial charge on any atom is 0.408 e. The molecule has 0 aromatic heterocycles. The third-order valence-corrected chi connectivity index (χ3v) is 7.34. The number of hydrogen-bond acceptors (Lipinski definition) is 6. The van der Waals surface area contributed by atoms with Crippen molar-refractivity contribution >= 4 is 18.0 Å². The van der Waals surface area contributed by atoms with Gasteiger partial charge in [0.15, 0.2) is 0 Å². The number of fused-ring (bicyclic) bond motifs is 3. The number of nitrogens with one attached hydrogen (secondary N) is 1. The van der Waals surface area contributed by atoms with Crippen molar-refractivity contribution in [2.75, 3.05) is 46.5 Å². The minimum absolute atomic E-state index is 0.0279. The van der Waals surface area contributed by atoms with Crippen molar-refractivity contribution in [1.82, 2.24) is 15.1 Å². The Balaban J connectivity index is 1.28. The highest BCUT2D eigenvalue weighted by atomic mass is 16.6. The molecule has 0 bridgehead atoms. The van der Waals surface area contributed by atoms with Gasteiger partial charge in [-0.15, -0.1) is 0 Å². The van der Waals surface area contributed by atoms with Crippen LogP contribution in [0.15, 0.2) is 48.5 Å². The first-order chi connectivity index (χ1) is 16.9. The lowest BCUT2D eigenvalue weighted by atomic mass is 9.95. The molecule has 184 valence electrons. The summed E-state index contributed by atoms with van der Waals surface area (Å²) in [6, 6.07) is 15.4. The normalized spacial score (nSPS) is 24.0. The van der Waals surface area contributed by atoms with Crippen LogP contribution in [0.3, 0.4) is 0 Å². The predicted molar refractivity (Wildman–Crippen MR) is 127 cm³/mol. The molecule has 9 nitrogen and oxygen atoms in total. The van der Waals surface area contributed by atoms with Crippen LogP contribution in [0, 0.1) is 0 Å². The van der Waals surface area contributed by atoms with Crippen molar-refractivity contribution in [3.8, 4) is 11.1 Å². The molecular formula is C26H29N3O6. The summed E-state index contributed by atoms with van der Waals surface area (Å²) in [6.45, 7) is 1.36. The van der Waals surface area contributed by atoms with Crippen LogP contribution in [0.4, 0.5) is 4.79 Å². The van der Waals surface area contributed by atoms with Gasteiger partial charge in [-0.2, -0.15) is 0 Å². The number of carbonyl (C=O) groups excluding carboxylic acids is 2. The van der Waals surface area contributed by atoms with Crippen LogP contribution in [0.25, 0.3) is 11.1 Å². The number of aliphatic carboxylic acids is 1. The third-order valence-electron chi connectivity index (χ3n) is 7.34. The first-order valence-corrected chi connectivity index (χ1v) is 11.8. The van der Waals surface area contributed by atoms with Crippen LogP contribution in [0.2, 0.25) is 0 Å². The van der Waals surface area contributed by atoms with Crippen molar-refractivity contribution in [3.05, 3.63) is 59.7 Å². The number of likely N-dealkylation sites (N-methyl/N-ethyl adjacent to an activating group) is 1. The molecule has 5 rings (SSSR count). The first kappa shape index (κ1) is 23.3. The Morgan fingerprint density at radius 3 is 2.34 bits per heavy atom. The average molecular weight is 480 g/mol. The van der Waals surface area contributed by atoms with Gasteiger partial charge in [0.1, 0.15) is 18.2 Å². The smallest absolute Gasteiger partial charge is 0.408 e. The van der Waals surface area contributed by atoms with Gasteiger partial charge in [0, 0.05) is 38.6 Å². The molecule has 9 heteroatoms. The summed E-state index contributed by atoms with van der Waals surface area (Å²) < 4.78 is 11.2. The van der Waals surface area contributed by atoms with E-state index in [-0.39, 0.29) is 31.6 Å². The van der Waals surface area contributed by atoms with Gasteiger partial charge in [0.2, 0.25) is 0 Å². The molecule has 2 N–H and O–H groups in total. The van der Waals surface area contributed by atoms with Crippen LogP contribution in [0.1, 0.15) is 23.5 Å². The number of rotatable bonds is 5. The zero-order valence-corrected chi connectivity index (χ0v) is 19.6. The number of ether oxygens (including phenoxy) is 2. The third kappa shape index (κ3) is 4.26. The van der Waals surface area contributed by atoms with Crippen LogP contribution in [-0.2, 0) is 19.1 Å². The second-order valence-electron chi connectivity index (χ2n) is 9.42. The van der Waals surface area contributed by atoms with Gasteiger partial charge in [-0.05, 0) is 29.3 Å². The monoisotopic (exact) mass is 479 g/mol. The summed E-state index contributed by atoms with van der Waals surface area (Å²) in [5.41, 5.74) is 3.22. The highest BCUT2D eigenvalue weighted by Gasteiger charge is 2.48. The number of benzene rings is 2. The topological polar surface area (TPSA) is 108 Å². The van der Waals surface area contributed by atoms with Gasteiger partial charge in [-0.25, -0.2) is 4.79 Å². The molecule has 2 heterocycles. The predicted octanol–water partition coefficient (Wildman–Crippen LogP) is 1.91. The van der Waals surface area contributed by atoms with Crippen molar-refractivity contribution in [3.63, 3.8) is 0 Å². The van der Waals surface area contributed by atoms with E-state index in [4.69, 9.17) is 9.47 Å². The number of amides is 2. The highest BCUT2D eigenvalue weighted by Crippen LogP contribution is 2.44. The molecule has 3 aliphatic rings. The lowest BCUT2D eigenvalue weighted by Crippen LogP contribution is -2.65. The number of nitrogens with zero attached hydrogens (tertiary/aromatic N) is 2. The van der Waals surface area contributed by atoms with Gasteiger partial charge < -0.3 is 24.8 Å². The van der Waals surface area contributed by atoms with Crippen LogP contribution in [-0.4, -0.2) is 91.0 Å². The molecule has 2 aromatic rings. The Bertz CT molecular complexity index is 1100. The number of carbonyl (C=O) groups is 3. The lowest BCUT2D eigenvalue weighted by Gasteiger charge is -2.41. The zero-order valence-electron chi connectivity index (χ0n) is 19.6. The van der Waals surface area contributed by atoms with Gasteiger partial charge in [0.25, 0.3) is 5.91 Å². The Morgan fingerprint density at radius 1 is 1.09 bits per heavy atom. The molecule has 0 radical (unpaired) electrons. The number of piperazine rings is 1. The number of carboxylic acid groups (broad SMARTS) is 1. The van der Waals surface area contributed by atoms with E-state index in [0.29, 0.717) is 26.1 Å². The molecule has 2 aliphatic heterocycles. The minimum Gasteiger partial charge on any atom is -0.480 e. The largest absolute Gasteiger partial charge is 0.480 e. The fourth-order valence-electron chi connectivity index (χ4n) is 5.34. The Labute approximate surface area is 203 Å². The second kappa shape index (κ2) is 9.31. The van der Waals surface area contributed by atoms with Crippen LogP contribution < -0.4 is 5.32 Å². The van der Waals surface area contributed by atoms with Crippen molar-refractivity contribution in [2.45, 2.75) is 23.9 Å². The number of carboxylic acids is 1. The van der Waals surface area contributed by atoms with Crippen molar-refractivity contribution < 1.29 is 29.0 Å². The lowest BCUT2D eigenvalue weighted by molar-refractivity contribution is -0.150. The maximum absolute atomic E-state index is 13.5. The van der Waals surface area contributed by atoms with Gasteiger partial charge >= 0.3 is 12.1 Å². The first-order valence-electron chi connectivity index (χ1n) is 11.8. The molecule has 0 spiro atoms. The standard InChI is InChI=1S/C26H29N3O6/c1-28-11-12-29(14-22(28)23(30)31)24(32)26(10-13-34-16-26)27-25(33)35-15-21-19-8-4-2-6-17(19)18-7-3-5-9-20(18)21/h2-9,21-22H,10-16H2,1H3,(H,27,33)(H,30,31). The quantitative estimate of drug-likeness (QED) is 0.674. The summed E-state index contributed by atoms with van der Waals surface area (Å²) in [5.74, 6) is -1.40. The fraction of sp³-hybridized carbons (Fsp3) is 0.423. The Morgan fingerprint density at radius 2 is 1.74 bits per heavy atom.